The van der Waals surface area contributed by atoms with Crippen LogP contribution in [-0.4, -0.2) is 20.5 Å². The molecule has 2 heterocycles. The topological polar surface area (TPSA) is 67.2 Å². The molecule has 7 heteroatoms. The van der Waals surface area contributed by atoms with Gasteiger partial charge in [0.2, 0.25) is 0 Å². The molecule has 0 aliphatic carbocycles. The van der Waals surface area contributed by atoms with Crippen molar-refractivity contribution in [3.63, 3.8) is 0 Å². The second-order valence-electron chi connectivity index (χ2n) is 9.56. The molecule has 2 atom stereocenters. The van der Waals surface area contributed by atoms with Crippen LogP contribution in [0.2, 0.25) is 0 Å². The molecule has 1 aliphatic heterocycles. The normalized spacial score (nSPS) is 15.6. The van der Waals surface area contributed by atoms with Gasteiger partial charge in [-0.1, -0.05) is 62.4 Å². The Bertz CT molecular complexity index is 1480. The van der Waals surface area contributed by atoms with Crippen LogP contribution in [0.1, 0.15) is 62.1 Å². The van der Waals surface area contributed by atoms with E-state index in [0.29, 0.717) is 29.7 Å². The summed E-state index contributed by atoms with van der Waals surface area (Å²) in [4.78, 5) is 33.6. The van der Waals surface area contributed by atoms with Gasteiger partial charge in [0, 0.05) is 18.3 Å². The van der Waals surface area contributed by atoms with Gasteiger partial charge < -0.3 is 10.2 Å². The fourth-order valence-corrected chi connectivity index (χ4v) is 5.10. The minimum absolute atomic E-state index is 0.213. The molecule has 0 bridgehead atoms. The van der Waals surface area contributed by atoms with E-state index in [9.17, 15) is 14.0 Å². The zero-order valence-electron chi connectivity index (χ0n) is 20.6. The van der Waals surface area contributed by atoms with Gasteiger partial charge in [0.05, 0.1) is 23.0 Å². The Morgan fingerprint density at radius 3 is 2.53 bits per heavy atom. The number of amides is 2. The molecule has 0 spiro atoms. The highest BCUT2D eigenvalue weighted by Gasteiger charge is 2.37. The molecule has 6 nitrogen and oxygen atoms in total. The summed E-state index contributed by atoms with van der Waals surface area (Å²) in [5, 5.41) is 3.50. The summed E-state index contributed by atoms with van der Waals surface area (Å²) in [5.41, 5.74) is 2.86. The summed E-state index contributed by atoms with van der Waals surface area (Å²) in [6.07, 6.45) is 0.539. The molecule has 3 aromatic carbocycles. The number of carbonyl (C=O) groups is 1. The fraction of sp³-hybridized carbons (Fsp3) is 0.276. The third kappa shape index (κ3) is 4.26. The van der Waals surface area contributed by atoms with Crippen LogP contribution in [0.3, 0.4) is 0 Å². The lowest BCUT2D eigenvalue weighted by atomic mass is 10.0. The van der Waals surface area contributed by atoms with Crippen molar-refractivity contribution in [2.45, 2.75) is 51.7 Å². The van der Waals surface area contributed by atoms with Gasteiger partial charge >= 0.3 is 6.03 Å². The Balaban J connectivity index is 1.60. The van der Waals surface area contributed by atoms with Gasteiger partial charge in [-0.15, -0.1) is 0 Å². The maximum Gasteiger partial charge on any atom is 0.322 e. The molecule has 4 aromatic rings. The highest BCUT2D eigenvalue weighted by atomic mass is 19.1. The van der Waals surface area contributed by atoms with Crippen molar-refractivity contribution in [2.24, 2.45) is 0 Å². The van der Waals surface area contributed by atoms with Crippen LogP contribution < -0.4 is 10.9 Å². The molecular formula is C29H29FN4O2. The number of nitrogens with one attached hydrogen (secondary N) is 1. The summed E-state index contributed by atoms with van der Waals surface area (Å²) in [5.74, 6) is 0.259. The van der Waals surface area contributed by atoms with Crippen LogP contribution in [0.15, 0.2) is 77.6 Å². The Hall–Kier alpha value is -4.00. The number of halogens is 1. The lowest BCUT2D eigenvalue weighted by molar-refractivity contribution is 0.159. The number of hydrogen-bond donors (Lipinski definition) is 1. The smallest absolute Gasteiger partial charge is 0.308 e. The number of aromatic nitrogens is 2. The van der Waals surface area contributed by atoms with Gasteiger partial charge in [-0.05, 0) is 48.6 Å². The summed E-state index contributed by atoms with van der Waals surface area (Å²) in [6, 6.07) is 20.6. The van der Waals surface area contributed by atoms with E-state index >= 15 is 0 Å². The van der Waals surface area contributed by atoms with Crippen LogP contribution in [0, 0.1) is 5.82 Å². The maximum atomic E-state index is 14.0. The number of nitrogens with zero attached hydrogens (tertiary/aromatic N) is 3. The molecule has 0 saturated heterocycles. The largest absolute Gasteiger partial charge is 0.322 e. The SMILES string of the molecule is CC(C)c1ccccc1NC(=O)N(C(C)c1ccccc1)C1CCn2c1nc1cc(F)ccc1c2=O. The summed E-state index contributed by atoms with van der Waals surface area (Å²) in [6.45, 7) is 6.59. The van der Waals surface area contributed by atoms with Gasteiger partial charge in [0.1, 0.15) is 11.6 Å². The zero-order chi connectivity index (χ0) is 25.4. The number of carbonyl (C=O) groups excluding carboxylic acids is 1. The number of hydrogen-bond acceptors (Lipinski definition) is 3. The first-order chi connectivity index (χ1) is 17.3. The molecule has 1 N–H and O–H groups in total. The van der Waals surface area contributed by atoms with Crippen molar-refractivity contribution >= 4 is 22.6 Å². The van der Waals surface area contributed by atoms with Gasteiger partial charge in [0.15, 0.2) is 0 Å². The number of urea groups is 1. The van der Waals surface area contributed by atoms with Gasteiger partial charge in [-0.2, -0.15) is 0 Å². The average Bonchev–Trinajstić information content (AvgIpc) is 3.28. The maximum absolute atomic E-state index is 14.0. The van der Waals surface area contributed by atoms with Crippen molar-refractivity contribution in [3.05, 3.63) is 106 Å². The summed E-state index contributed by atoms with van der Waals surface area (Å²) < 4.78 is 15.6. The monoisotopic (exact) mass is 484 g/mol. The highest BCUT2D eigenvalue weighted by molar-refractivity contribution is 5.91. The van der Waals surface area contributed by atoms with Crippen molar-refractivity contribution in [1.29, 1.82) is 0 Å². The van der Waals surface area contributed by atoms with E-state index in [-0.39, 0.29) is 23.6 Å². The molecule has 0 saturated carbocycles. The second-order valence-corrected chi connectivity index (χ2v) is 9.56. The Labute approximate surface area is 209 Å². The molecule has 1 aliphatic rings. The van der Waals surface area contributed by atoms with Crippen LogP contribution >= 0.6 is 0 Å². The minimum atomic E-state index is -0.452. The first kappa shape index (κ1) is 23.7. The number of benzene rings is 3. The lowest BCUT2D eigenvalue weighted by Crippen LogP contribution is -2.40. The molecule has 2 unspecified atom stereocenters. The Morgan fingerprint density at radius 1 is 1.06 bits per heavy atom. The number of para-hydroxylation sites is 1. The van der Waals surface area contributed by atoms with Crippen molar-refractivity contribution in [3.8, 4) is 0 Å². The molecular weight excluding hydrogens is 455 g/mol. The average molecular weight is 485 g/mol. The number of rotatable bonds is 5. The van der Waals surface area contributed by atoms with Gasteiger partial charge in [0.25, 0.3) is 5.56 Å². The van der Waals surface area contributed by atoms with Crippen LogP contribution in [-0.2, 0) is 6.54 Å². The summed E-state index contributed by atoms with van der Waals surface area (Å²) >= 11 is 0. The van der Waals surface area contributed by atoms with Crippen LogP contribution in [0.25, 0.3) is 10.9 Å². The van der Waals surface area contributed by atoms with E-state index < -0.39 is 11.9 Å². The molecule has 36 heavy (non-hydrogen) atoms. The predicted octanol–water partition coefficient (Wildman–Crippen LogP) is 6.40. The van der Waals surface area contributed by atoms with Crippen molar-refractivity contribution < 1.29 is 9.18 Å². The van der Waals surface area contributed by atoms with Gasteiger partial charge in [-0.25, -0.2) is 14.2 Å². The standard InChI is InChI=1S/C29H29FN4O2/c1-18(2)22-11-7-8-12-24(22)32-29(36)34(19(3)20-9-5-4-6-10-20)26-15-16-33-27(26)31-25-17-21(30)13-14-23(25)28(33)35/h4-14,17-19,26H,15-16H2,1-3H3,(H,32,36). The molecule has 0 fully saturated rings. The Morgan fingerprint density at radius 2 is 1.78 bits per heavy atom. The molecule has 184 valence electrons. The highest BCUT2D eigenvalue weighted by Crippen LogP contribution is 2.37. The molecule has 1 aromatic heterocycles. The first-order valence-electron chi connectivity index (χ1n) is 12.3. The van der Waals surface area contributed by atoms with E-state index in [1.54, 1.807) is 9.47 Å². The van der Waals surface area contributed by atoms with Crippen LogP contribution in [0.5, 0.6) is 0 Å². The first-order valence-corrected chi connectivity index (χ1v) is 12.3. The number of fused-ring (bicyclic) bond motifs is 2. The summed E-state index contributed by atoms with van der Waals surface area (Å²) in [7, 11) is 0. The lowest BCUT2D eigenvalue weighted by Gasteiger charge is -2.35. The van der Waals surface area contributed by atoms with E-state index in [1.807, 2.05) is 61.5 Å². The second kappa shape index (κ2) is 9.57. The van der Waals surface area contributed by atoms with E-state index in [1.165, 1.54) is 18.2 Å². The van der Waals surface area contributed by atoms with Crippen LogP contribution in [0.4, 0.5) is 14.9 Å². The third-order valence-corrected chi connectivity index (χ3v) is 6.96. The minimum Gasteiger partial charge on any atom is -0.308 e. The van der Waals surface area contributed by atoms with E-state index in [2.05, 4.69) is 19.2 Å². The fourth-order valence-electron chi connectivity index (χ4n) is 5.10. The zero-order valence-corrected chi connectivity index (χ0v) is 20.6. The third-order valence-electron chi connectivity index (χ3n) is 6.96. The Kier molecular flexibility index (Phi) is 6.31. The van der Waals surface area contributed by atoms with Gasteiger partial charge in [-0.3, -0.25) is 9.36 Å². The quantitative estimate of drug-likeness (QED) is 0.356. The molecule has 2 amide bonds. The molecule has 0 radical (unpaired) electrons. The predicted molar refractivity (Wildman–Crippen MR) is 140 cm³/mol. The van der Waals surface area contributed by atoms with E-state index in [0.717, 1.165) is 16.8 Å². The number of anilines is 1. The van der Waals surface area contributed by atoms with E-state index in [4.69, 9.17) is 4.98 Å². The molecule has 5 rings (SSSR count). The van der Waals surface area contributed by atoms with Crippen molar-refractivity contribution in [2.75, 3.05) is 5.32 Å². The van der Waals surface area contributed by atoms with Crippen molar-refractivity contribution in [1.82, 2.24) is 14.5 Å².